The maximum Gasteiger partial charge on any atom is 0.279 e. The fourth-order valence-corrected chi connectivity index (χ4v) is 3.82. The van der Waals surface area contributed by atoms with E-state index in [1.54, 1.807) is 24.3 Å². The minimum atomic E-state index is -3.57. The summed E-state index contributed by atoms with van der Waals surface area (Å²) in [4.78, 5) is 12.5. The lowest BCUT2D eigenvalue weighted by Gasteiger charge is -2.19. The molecule has 0 saturated carbocycles. The van der Waals surface area contributed by atoms with Gasteiger partial charge >= 0.3 is 0 Å². The first-order chi connectivity index (χ1) is 13.1. The molecule has 0 radical (unpaired) electrons. The number of nitrogens with two attached hydrogens (primary N) is 1. The number of benzene rings is 2. The highest BCUT2D eigenvalue weighted by molar-refractivity contribution is 7.89. The van der Waals surface area contributed by atoms with Crippen molar-refractivity contribution in [2.24, 2.45) is 5.92 Å². The minimum absolute atomic E-state index is 0.00630. The van der Waals surface area contributed by atoms with Crippen LogP contribution in [0.25, 0.3) is 0 Å². The van der Waals surface area contributed by atoms with E-state index in [9.17, 15) is 17.6 Å². The van der Waals surface area contributed by atoms with Crippen molar-refractivity contribution in [3.63, 3.8) is 0 Å². The molecule has 6 nitrogen and oxygen atoms in total. The summed E-state index contributed by atoms with van der Waals surface area (Å²) in [5.41, 5.74) is 1.37. The number of hydrogen-bond donors (Lipinski definition) is 2. The second-order valence-corrected chi connectivity index (χ2v) is 9.28. The minimum Gasteiger partial charge on any atom is -0.332 e. The van der Waals surface area contributed by atoms with Crippen molar-refractivity contribution in [3.8, 4) is 0 Å². The number of carbonyl (C=O) groups is 1. The molecule has 28 heavy (non-hydrogen) atoms. The van der Waals surface area contributed by atoms with Crippen molar-refractivity contribution >= 4 is 21.6 Å². The molecule has 0 spiro atoms. The van der Waals surface area contributed by atoms with Gasteiger partial charge in [-0.1, -0.05) is 32.0 Å². The average molecular weight is 409 g/mol. The SMILES string of the molecule is CC(C)[C@@H]([NH2+]CC(=O)Nc1cccc(S(=O)(=O)N(C)C)c1)c1ccc(F)cc1. The number of nitrogens with zero attached hydrogens (tertiary/aromatic N) is 1. The molecule has 0 fully saturated rings. The number of anilines is 1. The summed E-state index contributed by atoms with van der Waals surface area (Å²) in [6.45, 7) is 4.24. The number of quaternary nitrogens is 1. The summed E-state index contributed by atoms with van der Waals surface area (Å²) >= 11 is 0. The van der Waals surface area contributed by atoms with Crippen molar-refractivity contribution in [1.29, 1.82) is 0 Å². The molecule has 0 bridgehead atoms. The van der Waals surface area contributed by atoms with E-state index in [0.29, 0.717) is 5.69 Å². The quantitative estimate of drug-likeness (QED) is 0.701. The predicted molar refractivity (Wildman–Crippen MR) is 107 cm³/mol. The van der Waals surface area contributed by atoms with Gasteiger partial charge in [-0.05, 0) is 30.3 Å². The molecule has 0 unspecified atom stereocenters. The Kier molecular flexibility index (Phi) is 7.29. The monoisotopic (exact) mass is 408 g/mol. The summed E-state index contributed by atoms with van der Waals surface area (Å²) in [6, 6.07) is 12.4. The normalized spacial score (nSPS) is 13.0. The summed E-state index contributed by atoms with van der Waals surface area (Å²) < 4.78 is 38.7. The first-order valence-corrected chi connectivity index (χ1v) is 10.5. The first kappa shape index (κ1) is 22.0. The van der Waals surface area contributed by atoms with Gasteiger partial charge in [-0.15, -0.1) is 0 Å². The van der Waals surface area contributed by atoms with Crippen LogP contribution in [0.1, 0.15) is 25.5 Å². The fraction of sp³-hybridized carbons (Fsp3) is 0.350. The smallest absolute Gasteiger partial charge is 0.279 e. The Morgan fingerprint density at radius 2 is 1.79 bits per heavy atom. The zero-order valence-corrected chi connectivity index (χ0v) is 17.3. The lowest BCUT2D eigenvalue weighted by atomic mass is 9.96. The van der Waals surface area contributed by atoms with Crippen molar-refractivity contribution in [3.05, 3.63) is 59.9 Å². The van der Waals surface area contributed by atoms with Gasteiger partial charge in [0.05, 0.1) is 4.90 Å². The first-order valence-electron chi connectivity index (χ1n) is 9.02. The predicted octanol–water partition coefficient (Wildman–Crippen LogP) is 1.98. The molecule has 2 aromatic rings. The molecular weight excluding hydrogens is 381 g/mol. The van der Waals surface area contributed by atoms with Crippen LogP contribution in [-0.2, 0) is 14.8 Å². The third-order valence-corrected chi connectivity index (χ3v) is 6.24. The molecule has 0 aromatic heterocycles. The van der Waals surface area contributed by atoms with Gasteiger partial charge in [-0.2, -0.15) is 0 Å². The van der Waals surface area contributed by atoms with Crippen LogP contribution in [-0.4, -0.2) is 39.3 Å². The van der Waals surface area contributed by atoms with Crippen molar-refractivity contribution in [2.45, 2.75) is 24.8 Å². The van der Waals surface area contributed by atoms with E-state index in [1.165, 1.54) is 38.4 Å². The molecule has 1 amide bonds. The fourth-order valence-electron chi connectivity index (χ4n) is 2.87. The summed E-state index contributed by atoms with van der Waals surface area (Å²) in [5.74, 6) is -0.296. The standard InChI is InChI=1S/C20H26FN3O3S/c1-14(2)20(15-8-10-16(21)11-9-15)22-13-19(25)23-17-6-5-7-18(12-17)28(26,27)24(3)4/h5-12,14,20,22H,13H2,1-4H3,(H,23,25)/p+1/t20-/m1/s1. The zero-order chi connectivity index (χ0) is 20.9. The van der Waals surface area contributed by atoms with Crippen LogP contribution in [0.4, 0.5) is 10.1 Å². The van der Waals surface area contributed by atoms with Gasteiger partial charge in [0.2, 0.25) is 10.0 Å². The van der Waals surface area contributed by atoms with Gasteiger partial charge in [-0.3, -0.25) is 4.79 Å². The maximum atomic E-state index is 13.2. The summed E-state index contributed by atoms with van der Waals surface area (Å²) in [6.07, 6.45) is 0. The number of rotatable bonds is 8. The Hall–Kier alpha value is -2.29. The molecule has 2 aromatic carbocycles. The van der Waals surface area contributed by atoms with Crippen LogP contribution in [0.15, 0.2) is 53.4 Å². The third-order valence-electron chi connectivity index (χ3n) is 4.43. The lowest BCUT2D eigenvalue weighted by Crippen LogP contribution is -2.88. The van der Waals surface area contributed by atoms with Gasteiger partial charge < -0.3 is 10.6 Å². The number of amides is 1. The van der Waals surface area contributed by atoms with E-state index in [-0.39, 0.29) is 35.1 Å². The Bertz CT molecular complexity index is 913. The van der Waals surface area contributed by atoms with Crippen molar-refractivity contribution < 1.29 is 22.9 Å². The molecular formula is C20H27FN3O3S+. The molecule has 3 N–H and O–H groups in total. The highest BCUT2D eigenvalue weighted by atomic mass is 32.2. The molecule has 1 atom stereocenters. The van der Waals surface area contributed by atoms with Crippen molar-refractivity contribution in [1.82, 2.24) is 4.31 Å². The second kappa shape index (κ2) is 9.27. The van der Waals surface area contributed by atoms with Gasteiger partial charge in [0.15, 0.2) is 6.54 Å². The van der Waals surface area contributed by atoms with Gasteiger partial charge in [0.1, 0.15) is 11.9 Å². The summed E-state index contributed by atoms with van der Waals surface area (Å²) in [5, 5.41) is 4.63. The topological polar surface area (TPSA) is 83.1 Å². The third kappa shape index (κ3) is 5.60. The molecule has 0 aliphatic carbocycles. The van der Waals surface area contributed by atoms with Crippen LogP contribution < -0.4 is 10.6 Å². The maximum absolute atomic E-state index is 13.2. The van der Waals surface area contributed by atoms with E-state index in [1.807, 2.05) is 19.2 Å². The van der Waals surface area contributed by atoms with Crippen LogP contribution >= 0.6 is 0 Å². The molecule has 152 valence electrons. The Morgan fingerprint density at radius 3 is 2.36 bits per heavy atom. The van der Waals surface area contributed by atoms with E-state index in [4.69, 9.17) is 0 Å². The van der Waals surface area contributed by atoms with Gasteiger partial charge in [0.25, 0.3) is 5.91 Å². The van der Waals surface area contributed by atoms with Crippen LogP contribution in [0.2, 0.25) is 0 Å². The highest BCUT2D eigenvalue weighted by Crippen LogP contribution is 2.19. The average Bonchev–Trinajstić information content (AvgIpc) is 2.63. The molecule has 8 heteroatoms. The number of carbonyl (C=O) groups excluding carboxylic acids is 1. The lowest BCUT2D eigenvalue weighted by molar-refractivity contribution is -0.692. The number of halogens is 1. The van der Waals surface area contributed by atoms with E-state index < -0.39 is 10.0 Å². The van der Waals surface area contributed by atoms with Crippen LogP contribution in [0, 0.1) is 11.7 Å². The number of hydrogen-bond acceptors (Lipinski definition) is 3. The van der Waals surface area contributed by atoms with Crippen molar-refractivity contribution in [2.75, 3.05) is 26.0 Å². The molecule has 2 rings (SSSR count). The Labute approximate surface area is 165 Å². The Morgan fingerprint density at radius 1 is 1.14 bits per heavy atom. The molecule has 0 aliphatic heterocycles. The Balaban J connectivity index is 2.04. The second-order valence-electron chi connectivity index (χ2n) is 7.12. The summed E-state index contributed by atoms with van der Waals surface area (Å²) in [7, 11) is -0.657. The van der Waals surface area contributed by atoms with Crippen LogP contribution in [0.3, 0.4) is 0 Å². The van der Waals surface area contributed by atoms with Gasteiger partial charge in [0, 0.05) is 31.3 Å². The van der Waals surface area contributed by atoms with Crippen LogP contribution in [0.5, 0.6) is 0 Å². The number of nitrogens with one attached hydrogen (secondary N) is 1. The largest absolute Gasteiger partial charge is 0.332 e. The van der Waals surface area contributed by atoms with Gasteiger partial charge in [-0.25, -0.2) is 17.1 Å². The molecule has 0 aliphatic rings. The molecule has 0 heterocycles. The van der Waals surface area contributed by atoms with E-state index in [2.05, 4.69) is 5.32 Å². The van der Waals surface area contributed by atoms with E-state index >= 15 is 0 Å². The zero-order valence-electron chi connectivity index (χ0n) is 16.5. The number of sulfonamides is 1. The molecule has 0 saturated heterocycles. The highest BCUT2D eigenvalue weighted by Gasteiger charge is 2.21. The van der Waals surface area contributed by atoms with E-state index in [0.717, 1.165) is 9.87 Å².